The van der Waals surface area contributed by atoms with Gasteiger partial charge in [-0.25, -0.2) is 0 Å². The maximum atomic E-state index is 13.2. The number of hydrogen-bond acceptors (Lipinski definition) is 3. The predicted octanol–water partition coefficient (Wildman–Crippen LogP) is 6.08. The Labute approximate surface area is 209 Å². The molecule has 0 aliphatic carbocycles. The largest absolute Gasteiger partial charge is 0.416 e. The number of benzene rings is 3. The van der Waals surface area contributed by atoms with Crippen LogP contribution in [0.3, 0.4) is 0 Å². The van der Waals surface area contributed by atoms with E-state index in [-0.39, 0.29) is 5.91 Å². The number of nitrogens with one attached hydrogen (secondary N) is 1. The lowest BCUT2D eigenvalue weighted by atomic mass is 9.95. The van der Waals surface area contributed by atoms with Crippen LogP contribution in [0.25, 0.3) is 11.1 Å². The summed E-state index contributed by atoms with van der Waals surface area (Å²) in [7, 11) is 2.18. The van der Waals surface area contributed by atoms with Crippen molar-refractivity contribution in [1.29, 1.82) is 0 Å². The lowest BCUT2D eigenvalue weighted by Gasteiger charge is -2.39. The van der Waals surface area contributed by atoms with Gasteiger partial charge in [-0.1, -0.05) is 36.4 Å². The van der Waals surface area contributed by atoms with Crippen LogP contribution in [0.2, 0.25) is 0 Å². The van der Waals surface area contributed by atoms with Gasteiger partial charge in [-0.2, -0.15) is 13.2 Å². The third-order valence-corrected chi connectivity index (χ3v) is 7.41. The fourth-order valence-electron chi connectivity index (χ4n) is 5.29. The van der Waals surface area contributed by atoms with Gasteiger partial charge in [-0.05, 0) is 92.0 Å². The number of halogens is 3. The van der Waals surface area contributed by atoms with E-state index in [4.69, 9.17) is 0 Å². The van der Waals surface area contributed by atoms with E-state index in [1.54, 1.807) is 24.3 Å². The first-order chi connectivity index (χ1) is 17.3. The van der Waals surface area contributed by atoms with Crippen molar-refractivity contribution in [2.75, 3.05) is 32.0 Å². The Morgan fingerprint density at radius 2 is 1.64 bits per heavy atom. The Kier molecular flexibility index (Phi) is 6.86. The van der Waals surface area contributed by atoms with Gasteiger partial charge < -0.3 is 10.2 Å². The maximum absolute atomic E-state index is 13.2. The molecule has 0 bridgehead atoms. The average Bonchev–Trinajstić information content (AvgIpc) is 2.88. The molecule has 1 amide bonds. The second-order valence-corrected chi connectivity index (χ2v) is 9.81. The molecule has 0 aromatic heterocycles. The highest BCUT2D eigenvalue weighted by Crippen LogP contribution is 2.32. The number of nitrogens with zero attached hydrogens (tertiary/aromatic N) is 2. The molecule has 3 aromatic rings. The van der Waals surface area contributed by atoms with Crippen LogP contribution in [-0.2, 0) is 19.1 Å². The summed E-state index contributed by atoms with van der Waals surface area (Å²) in [5.41, 5.74) is 4.16. The number of carbonyl (C=O) groups is 1. The second kappa shape index (κ2) is 10.1. The smallest absolute Gasteiger partial charge is 0.322 e. The molecule has 3 aromatic carbocycles. The van der Waals surface area contributed by atoms with Crippen LogP contribution >= 0.6 is 0 Å². The van der Waals surface area contributed by atoms with Gasteiger partial charge in [0.05, 0.1) is 5.56 Å². The lowest BCUT2D eigenvalue weighted by molar-refractivity contribution is -0.137. The van der Waals surface area contributed by atoms with E-state index in [1.165, 1.54) is 36.1 Å². The van der Waals surface area contributed by atoms with Crippen molar-refractivity contribution in [2.45, 2.75) is 38.0 Å². The standard InChI is InChI=1S/C29H30F3N3O/c1-34-15-13-25(14-16-34)35-17-12-21-18-24(11-8-22(21)19-35)33-28(36)27-5-3-2-4-26(27)20-6-9-23(10-7-20)29(30,31)32/h2-11,18,25H,12-17,19H2,1H3,(H,33,36). The Bertz CT molecular complexity index is 1230. The molecule has 36 heavy (non-hydrogen) atoms. The van der Waals surface area contributed by atoms with Crippen LogP contribution in [0, 0.1) is 0 Å². The molecule has 1 N–H and O–H groups in total. The molecule has 1 fully saturated rings. The molecule has 0 radical (unpaired) electrons. The first kappa shape index (κ1) is 24.5. The number of piperidine rings is 1. The molecule has 188 valence electrons. The van der Waals surface area contributed by atoms with Gasteiger partial charge in [0.15, 0.2) is 0 Å². The molecular formula is C29H30F3N3O. The van der Waals surface area contributed by atoms with Gasteiger partial charge in [0, 0.05) is 30.4 Å². The Hall–Kier alpha value is -3.16. The molecule has 2 aliphatic heterocycles. The van der Waals surface area contributed by atoms with Crippen molar-refractivity contribution in [3.05, 3.63) is 89.0 Å². The van der Waals surface area contributed by atoms with E-state index in [0.717, 1.165) is 50.4 Å². The molecule has 0 unspecified atom stereocenters. The van der Waals surface area contributed by atoms with Crippen LogP contribution in [0.15, 0.2) is 66.7 Å². The average molecular weight is 494 g/mol. The van der Waals surface area contributed by atoms with E-state index in [2.05, 4.69) is 34.3 Å². The monoisotopic (exact) mass is 493 g/mol. The number of alkyl halides is 3. The number of hydrogen-bond donors (Lipinski definition) is 1. The van der Waals surface area contributed by atoms with Crippen molar-refractivity contribution in [2.24, 2.45) is 0 Å². The second-order valence-electron chi connectivity index (χ2n) is 9.81. The summed E-state index contributed by atoms with van der Waals surface area (Å²) in [6.07, 6.45) is -1.03. The number of fused-ring (bicyclic) bond motifs is 1. The van der Waals surface area contributed by atoms with Crippen LogP contribution in [-0.4, -0.2) is 48.4 Å². The van der Waals surface area contributed by atoms with E-state index < -0.39 is 11.7 Å². The number of likely N-dealkylation sites (tertiary alicyclic amines) is 1. The minimum atomic E-state index is -4.40. The van der Waals surface area contributed by atoms with E-state index in [1.807, 2.05) is 6.07 Å². The van der Waals surface area contributed by atoms with Crippen LogP contribution in [0.1, 0.15) is 39.9 Å². The summed E-state index contributed by atoms with van der Waals surface area (Å²) in [5.74, 6) is -0.283. The van der Waals surface area contributed by atoms with E-state index in [9.17, 15) is 18.0 Å². The molecule has 7 heteroatoms. The molecular weight excluding hydrogens is 463 g/mol. The van der Waals surface area contributed by atoms with E-state index >= 15 is 0 Å². The molecule has 0 atom stereocenters. The van der Waals surface area contributed by atoms with Gasteiger partial charge in [0.25, 0.3) is 5.91 Å². The number of rotatable bonds is 4. The zero-order valence-electron chi connectivity index (χ0n) is 20.3. The summed E-state index contributed by atoms with van der Waals surface area (Å²) in [6.45, 7) is 4.25. The number of anilines is 1. The van der Waals surface area contributed by atoms with Crippen LogP contribution in [0.4, 0.5) is 18.9 Å². The summed E-state index contributed by atoms with van der Waals surface area (Å²) in [4.78, 5) is 18.2. The fraction of sp³-hybridized carbons (Fsp3) is 0.345. The summed E-state index contributed by atoms with van der Waals surface area (Å²) in [5, 5.41) is 3.00. The normalized spacial score (nSPS) is 17.6. The Balaban J connectivity index is 1.29. The van der Waals surface area contributed by atoms with Crippen molar-refractivity contribution in [3.63, 3.8) is 0 Å². The molecule has 5 rings (SSSR count). The van der Waals surface area contributed by atoms with Crippen LogP contribution in [0.5, 0.6) is 0 Å². The zero-order chi connectivity index (χ0) is 25.3. The SMILES string of the molecule is CN1CCC(N2CCc3cc(NC(=O)c4ccccc4-c4ccc(C(F)(F)F)cc4)ccc3C2)CC1. The predicted molar refractivity (Wildman–Crippen MR) is 136 cm³/mol. The fourth-order valence-corrected chi connectivity index (χ4v) is 5.29. The van der Waals surface area contributed by atoms with Crippen molar-refractivity contribution in [1.82, 2.24) is 9.80 Å². The maximum Gasteiger partial charge on any atom is 0.416 e. The van der Waals surface area contributed by atoms with Gasteiger partial charge in [0.2, 0.25) is 0 Å². The van der Waals surface area contributed by atoms with Crippen LogP contribution < -0.4 is 5.32 Å². The molecule has 2 heterocycles. The number of carbonyl (C=O) groups excluding carboxylic acids is 1. The van der Waals surface area contributed by atoms with Gasteiger partial charge in [-0.15, -0.1) is 0 Å². The molecule has 0 saturated carbocycles. The molecule has 4 nitrogen and oxygen atoms in total. The van der Waals surface area contributed by atoms with Gasteiger partial charge in [0.1, 0.15) is 0 Å². The summed E-state index contributed by atoms with van der Waals surface area (Å²) < 4.78 is 38.9. The first-order valence-corrected chi connectivity index (χ1v) is 12.4. The summed E-state index contributed by atoms with van der Waals surface area (Å²) in [6, 6.07) is 18.6. The van der Waals surface area contributed by atoms with E-state index in [0.29, 0.717) is 22.7 Å². The van der Waals surface area contributed by atoms with Crippen molar-refractivity contribution >= 4 is 11.6 Å². The van der Waals surface area contributed by atoms with Gasteiger partial charge >= 0.3 is 6.18 Å². The van der Waals surface area contributed by atoms with Crippen molar-refractivity contribution < 1.29 is 18.0 Å². The highest BCUT2D eigenvalue weighted by molar-refractivity contribution is 6.08. The number of amides is 1. The Morgan fingerprint density at radius 1 is 0.917 bits per heavy atom. The third kappa shape index (κ3) is 5.32. The summed E-state index contributed by atoms with van der Waals surface area (Å²) >= 11 is 0. The molecule has 0 spiro atoms. The minimum absolute atomic E-state index is 0.283. The highest BCUT2D eigenvalue weighted by Gasteiger charge is 2.30. The highest BCUT2D eigenvalue weighted by atomic mass is 19.4. The quantitative estimate of drug-likeness (QED) is 0.479. The first-order valence-electron chi connectivity index (χ1n) is 12.4. The lowest BCUT2D eigenvalue weighted by Crippen LogP contribution is -2.45. The third-order valence-electron chi connectivity index (χ3n) is 7.41. The van der Waals surface area contributed by atoms with Gasteiger partial charge in [-0.3, -0.25) is 9.69 Å². The Morgan fingerprint density at radius 3 is 2.36 bits per heavy atom. The van der Waals surface area contributed by atoms with Crippen molar-refractivity contribution in [3.8, 4) is 11.1 Å². The minimum Gasteiger partial charge on any atom is -0.322 e. The topological polar surface area (TPSA) is 35.6 Å². The zero-order valence-corrected chi connectivity index (χ0v) is 20.3. The molecule has 2 aliphatic rings. The molecule has 1 saturated heterocycles.